The van der Waals surface area contributed by atoms with Crippen LogP contribution in [0.3, 0.4) is 0 Å². The summed E-state index contributed by atoms with van der Waals surface area (Å²) in [5.74, 6) is -1.15. The lowest BCUT2D eigenvalue weighted by atomic mass is 10.0. The maximum Gasteiger partial charge on any atom is 0.240 e. The largest absolute Gasteiger partial charge is 0.351 e. The first-order valence-corrected chi connectivity index (χ1v) is 7.97. The Hall–Kier alpha value is -2.40. The molecule has 1 aliphatic rings. The Kier molecular flexibility index (Phi) is 4.53. The Morgan fingerprint density at radius 1 is 1.08 bits per heavy atom. The fourth-order valence-corrected chi connectivity index (χ4v) is 2.58. The molecule has 1 saturated carbocycles. The van der Waals surface area contributed by atoms with Gasteiger partial charge in [-0.05, 0) is 48.7 Å². The zero-order chi connectivity index (χ0) is 17.2. The van der Waals surface area contributed by atoms with Gasteiger partial charge in [-0.25, -0.2) is 4.39 Å². The van der Waals surface area contributed by atoms with Crippen LogP contribution in [0.1, 0.15) is 18.4 Å². The van der Waals surface area contributed by atoms with E-state index in [0.29, 0.717) is 30.1 Å². The minimum atomic E-state index is -1.06. The van der Waals surface area contributed by atoms with Crippen LogP contribution in [-0.2, 0) is 16.1 Å². The summed E-state index contributed by atoms with van der Waals surface area (Å²) in [5, 5.41) is 6.02. The van der Waals surface area contributed by atoms with Crippen LogP contribution in [-0.4, -0.2) is 11.8 Å². The van der Waals surface area contributed by atoms with Gasteiger partial charge in [0.2, 0.25) is 11.8 Å². The maximum absolute atomic E-state index is 13.2. The van der Waals surface area contributed by atoms with E-state index in [2.05, 4.69) is 10.6 Å². The second-order valence-electron chi connectivity index (χ2n) is 5.86. The van der Waals surface area contributed by atoms with Crippen LogP contribution in [0.2, 0.25) is 5.02 Å². The van der Waals surface area contributed by atoms with Gasteiger partial charge in [-0.3, -0.25) is 9.59 Å². The lowest BCUT2D eigenvalue weighted by molar-refractivity contribution is -0.134. The molecule has 0 aliphatic heterocycles. The van der Waals surface area contributed by atoms with Crippen molar-refractivity contribution >= 4 is 29.1 Å². The van der Waals surface area contributed by atoms with Gasteiger partial charge >= 0.3 is 0 Å². The molecule has 0 saturated heterocycles. The first-order chi connectivity index (χ1) is 11.5. The molecular weight excluding hydrogens is 331 g/mol. The molecule has 2 aromatic carbocycles. The van der Waals surface area contributed by atoms with Gasteiger partial charge < -0.3 is 10.6 Å². The highest BCUT2D eigenvalue weighted by molar-refractivity contribution is 6.30. The van der Waals surface area contributed by atoms with Gasteiger partial charge in [0.25, 0.3) is 0 Å². The summed E-state index contributed by atoms with van der Waals surface area (Å²) in [6.45, 7) is 0.324. The molecule has 4 nitrogen and oxygen atoms in total. The van der Waals surface area contributed by atoms with Crippen LogP contribution >= 0.6 is 11.6 Å². The highest BCUT2D eigenvalue weighted by Gasteiger charge is 2.56. The third-order valence-corrected chi connectivity index (χ3v) is 4.32. The lowest BCUT2D eigenvalue weighted by Crippen LogP contribution is -2.39. The zero-order valence-corrected chi connectivity index (χ0v) is 13.6. The van der Waals surface area contributed by atoms with Crippen molar-refractivity contribution in [2.75, 3.05) is 5.32 Å². The number of nitrogens with one attached hydrogen (secondary N) is 2. The van der Waals surface area contributed by atoms with E-state index < -0.39 is 17.1 Å². The van der Waals surface area contributed by atoms with Crippen LogP contribution in [0.5, 0.6) is 0 Å². The molecule has 0 spiro atoms. The minimum Gasteiger partial charge on any atom is -0.351 e. The van der Waals surface area contributed by atoms with Crippen molar-refractivity contribution in [2.24, 2.45) is 5.41 Å². The molecule has 0 radical (unpaired) electrons. The number of rotatable bonds is 5. The first kappa shape index (κ1) is 16.5. The number of anilines is 1. The predicted molar refractivity (Wildman–Crippen MR) is 90.0 cm³/mol. The van der Waals surface area contributed by atoms with E-state index in [1.165, 1.54) is 18.2 Å². The van der Waals surface area contributed by atoms with Crippen LogP contribution in [0, 0.1) is 11.2 Å². The Balaban J connectivity index is 1.61. The molecule has 6 heteroatoms. The van der Waals surface area contributed by atoms with Crippen molar-refractivity contribution in [3.8, 4) is 0 Å². The molecular formula is C18H16ClFN2O2. The molecule has 2 amide bonds. The monoisotopic (exact) mass is 346 g/mol. The van der Waals surface area contributed by atoms with Crippen LogP contribution in [0.4, 0.5) is 10.1 Å². The summed E-state index contributed by atoms with van der Waals surface area (Å²) >= 11 is 5.82. The second-order valence-corrected chi connectivity index (χ2v) is 6.29. The van der Waals surface area contributed by atoms with E-state index in [1.54, 1.807) is 18.2 Å². The molecule has 124 valence electrons. The Bertz CT molecular complexity index is 773. The third kappa shape index (κ3) is 3.57. The summed E-state index contributed by atoms with van der Waals surface area (Å²) in [6, 6.07) is 12.7. The van der Waals surface area contributed by atoms with E-state index in [4.69, 9.17) is 11.6 Å². The molecule has 0 aromatic heterocycles. The van der Waals surface area contributed by atoms with Crippen molar-refractivity contribution in [1.82, 2.24) is 5.32 Å². The van der Waals surface area contributed by atoms with E-state index in [0.717, 1.165) is 5.56 Å². The number of amides is 2. The minimum absolute atomic E-state index is 0.314. The van der Waals surface area contributed by atoms with Crippen molar-refractivity contribution in [3.63, 3.8) is 0 Å². The van der Waals surface area contributed by atoms with Gasteiger partial charge in [0.05, 0.1) is 0 Å². The van der Waals surface area contributed by atoms with Gasteiger partial charge in [-0.1, -0.05) is 29.8 Å². The van der Waals surface area contributed by atoms with Crippen molar-refractivity contribution < 1.29 is 14.0 Å². The topological polar surface area (TPSA) is 58.2 Å². The first-order valence-electron chi connectivity index (χ1n) is 7.59. The molecule has 0 bridgehead atoms. The van der Waals surface area contributed by atoms with Crippen LogP contribution in [0.25, 0.3) is 0 Å². The van der Waals surface area contributed by atoms with Crippen molar-refractivity contribution in [3.05, 3.63) is 64.9 Å². The fourth-order valence-electron chi connectivity index (χ4n) is 2.45. The van der Waals surface area contributed by atoms with Crippen molar-refractivity contribution in [1.29, 1.82) is 0 Å². The molecule has 1 aliphatic carbocycles. The maximum atomic E-state index is 13.2. The smallest absolute Gasteiger partial charge is 0.240 e. The second kappa shape index (κ2) is 6.61. The Labute approximate surface area is 144 Å². The third-order valence-electron chi connectivity index (χ3n) is 4.07. The molecule has 2 N–H and O–H groups in total. The van der Waals surface area contributed by atoms with Crippen LogP contribution in [0.15, 0.2) is 48.5 Å². The summed E-state index contributed by atoms with van der Waals surface area (Å²) in [7, 11) is 0. The average Bonchev–Trinajstić information content (AvgIpc) is 3.36. The predicted octanol–water partition coefficient (Wildman–Crippen LogP) is 3.51. The molecule has 0 atom stereocenters. The van der Waals surface area contributed by atoms with E-state index in [1.807, 2.05) is 12.1 Å². The number of carbonyl (C=O) groups excluding carboxylic acids is 2. The van der Waals surface area contributed by atoms with Gasteiger partial charge in [0, 0.05) is 17.3 Å². The summed E-state index contributed by atoms with van der Waals surface area (Å²) in [4.78, 5) is 24.8. The highest BCUT2D eigenvalue weighted by Crippen LogP contribution is 2.46. The molecule has 0 heterocycles. The zero-order valence-electron chi connectivity index (χ0n) is 12.8. The number of carbonyl (C=O) groups is 2. The number of benzene rings is 2. The fraction of sp³-hybridized carbons (Fsp3) is 0.222. The molecule has 24 heavy (non-hydrogen) atoms. The Morgan fingerprint density at radius 3 is 2.42 bits per heavy atom. The number of hydrogen-bond donors (Lipinski definition) is 2. The van der Waals surface area contributed by atoms with E-state index in [-0.39, 0.29) is 5.91 Å². The van der Waals surface area contributed by atoms with E-state index in [9.17, 15) is 14.0 Å². The SMILES string of the molecule is O=C(NCc1ccc(Cl)cc1)C1(C(=O)Nc2cccc(F)c2)CC1. The molecule has 0 unspecified atom stereocenters. The van der Waals surface area contributed by atoms with Crippen LogP contribution < -0.4 is 10.6 Å². The standard InChI is InChI=1S/C18H16ClFN2O2/c19-13-6-4-12(5-7-13)11-21-16(23)18(8-9-18)17(24)22-15-3-1-2-14(20)10-15/h1-7,10H,8-9,11H2,(H,21,23)(H,22,24). The number of hydrogen-bond acceptors (Lipinski definition) is 2. The van der Waals surface area contributed by atoms with Gasteiger partial charge in [-0.2, -0.15) is 0 Å². The Morgan fingerprint density at radius 2 is 1.79 bits per heavy atom. The summed E-state index contributed by atoms with van der Waals surface area (Å²) < 4.78 is 13.2. The molecule has 3 rings (SSSR count). The van der Waals surface area contributed by atoms with Gasteiger partial charge in [-0.15, -0.1) is 0 Å². The summed E-state index contributed by atoms with van der Waals surface area (Å²) in [5.41, 5.74) is 0.185. The van der Waals surface area contributed by atoms with E-state index >= 15 is 0 Å². The molecule has 1 fully saturated rings. The van der Waals surface area contributed by atoms with Gasteiger partial charge in [0.1, 0.15) is 11.2 Å². The van der Waals surface area contributed by atoms with Crippen molar-refractivity contribution in [2.45, 2.75) is 19.4 Å². The quantitative estimate of drug-likeness (QED) is 0.814. The highest BCUT2D eigenvalue weighted by atomic mass is 35.5. The molecule has 2 aromatic rings. The summed E-state index contributed by atoms with van der Waals surface area (Å²) in [6.07, 6.45) is 0.973. The normalized spacial score (nSPS) is 14.8. The lowest BCUT2D eigenvalue weighted by Gasteiger charge is -2.15. The average molecular weight is 347 g/mol. The van der Waals surface area contributed by atoms with Gasteiger partial charge in [0.15, 0.2) is 0 Å². The number of halogens is 2.